The third kappa shape index (κ3) is 10.8. The Balaban J connectivity index is 1.68. The van der Waals surface area contributed by atoms with Gasteiger partial charge >= 0.3 is 5.97 Å². The minimum absolute atomic E-state index is 0.150. The molecule has 0 saturated carbocycles. The SMILES string of the molecule is CCN1/C(=C/C=C/C=C/C=C/C2=C(CCCCCCC(=O)O)CCc3ccc(S(=O)(=O)[O-])cc3C2(C)CCOC)C(C)(CCOC)c2cc(S(=O)(=O)[O-])ccc21. The van der Waals surface area contributed by atoms with Crippen LogP contribution in [0.15, 0.2) is 106 Å². The number of anilines is 1. The Hall–Kier alpha value is -3.85. The van der Waals surface area contributed by atoms with Gasteiger partial charge in [0.05, 0.1) is 9.79 Å². The summed E-state index contributed by atoms with van der Waals surface area (Å²) in [6, 6.07) is 9.22. The molecule has 306 valence electrons. The van der Waals surface area contributed by atoms with Crippen molar-refractivity contribution in [3.8, 4) is 0 Å². The standard InChI is InChI=1S/C43H57NO10S2/c1-6-44-39-25-24-35(56(50,51)52)31-38(39)43(3,27-29-54-5)40(44)18-14-9-7-8-13-17-36-32(16-12-10-11-15-19-41(45)46)20-21-33-22-23-34(55(47,48)49)30-37(33)42(36,2)26-28-53-4/h7-9,13-14,17-18,22-25,30-31H,6,10-12,15-16,19-21,26-29H2,1-5H3,(H,45,46)(H,47,48,49)(H,50,51,52)/p-2/b8-7+,14-9+,17-13+,40-18+. The first kappa shape index (κ1) is 44.9. The third-order valence-corrected chi connectivity index (χ3v) is 12.8. The molecule has 11 nitrogen and oxygen atoms in total. The van der Waals surface area contributed by atoms with Gasteiger partial charge in [-0.1, -0.05) is 67.9 Å². The summed E-state index contributed by atoms with van der Waals surface area (Å²) in [4.78, 5) is 12.6. The average Bonchev–Trinajstić information content (AvgIpc) is 3.31. The van der Waals surface area contributed by atoms with Gasteiger partial charge in [0.15, 0.2) is 0 Å². The summed E-state index contributed by atoms with van der Waals surface area (Å²) in [6.07, 6.45) is 20.4. The number of carbonyl (C=O) groups is 1. The van der Waals surface area contributed by atoms with Crippen molar-refractivity contribution in [3.05, 3.63) is 112 Å². The number of unbranched alkanes of at least 4 members (excludes halogenated alkanes) is 3. The molecule has 1 aliphatic heterocycles. The molecule has 1 N–H and O–H groups in total. The monoisotopic (exact) mass is 809 g/mol. The number of benzene rings is 2. The highest BCUT2D eigenvalue weighted by Gasteiger charge is 2.43. The normalized spacial score (nSPS) is 21.1. The van der Waals surface area contributed by atoms with Crippen LogP contribution in [-0.2, 0) is 51.8 Å². The largest absolute Gasteiger partial charge is 0.744 e. The van der Waals surface area contributed by atoms with Crippen LogP contribution in [0.4, 0.5) is 5.69 Å². The van der Waals surface area contributed by atoms with Crippen LogP contribution >= 0.6 is 0 Å². The number of hydrogen-bond acceptors (Lipinski definition) is 10. The molecule has 0 saturated heterocycles. The van der Waals surface area contributed by atoms with Gasteiger partial charge in [0.25, 0.3) is 0 Å². The van der Waals surface area contributed by atoms with Gasteiger partial charge in [0, 0.05) is 62.6 Å². The van der Waals surface area contributed by atoms with Crippen molar-refractivity contribution in [3.63, 3.8) is 0 Å². The van der Waals surface area contributed by atoms with Gasteiger partial charge in [-0.25, -0.2) is 16.8 Å². The number of aliphatic carboxylic acids is 1. The zero-order valence-corrected chi connectivity index (χ0v) is 34.7. The van der Waals surface area contributed by atoms with Crippen LogP contribution in [-0.4, -0.2) is 71.0 Å². The summed E-state index contributed by atoms with van der Waals surface area (Å²) >= 11 is 0. The van der Waals surface area contributed by atoms with Crippen LogP contribution in [0, 0.1) is 0 Å². The lowest BCUT2D eigenvalue weighted by molar-refractivity contribution is -0.137. The summed E-state index contributed by atoms with van der Waals surface area (Å²) in [6.45, 7) is 7.59. The second-order valence-corrected chi connectivity index (χ2v) is 17.6. The first-order valence-corrected chi connectivity index (χ1v) is 21.9. The molecule has 56 heavy (non-hydrogen) atoms. The van der Waals surface area contributed by atoms with Crippen LogP contribution in [0.1, 0.15) is 95.2 Å². The number of allylic oxidation sites excluding steroid dienone is 10. The quantitative estimate of drug-likeness (QED) is 0.0784. The van der Waals surface area contributed by atoms with E-state index in [-0.39, 0.29) is 16.2 Å². The molecule has 0 aromatic heterocycles. The molecule has 0 amide bonds. The van der Waals surface area contributed by atoms with Crippen molar-refractivity contribution in [2.75, 3.05) is 38.9 Å². The minimum Gasteiger partial charge on any atom is -0.744 e. The van der Waals surface area contributed by atoms with E-state index >= 15 is 0 Å². The number of rotatable bonds is 20. The number of hydrogen-bond donors (Lipinski definition) is 1. The van der Waals surface area contributed by atoms with Gasteiger partial charge in [-0.15, -0.1) is 0 Å². The van der Waals surface area contributed by atoms with Crippen LogP contribution in [0.25, 0.3) is 0 Å². The van der Waals surface area contributed by atoms with E-state index < -0.39 is 37.0 Å². The Bertz CT molecular complexity index is 2100. The van der Waals surface area contributed by atoms with Gasteiger partial charge < -0.3 is 28.6 Å². The maximum absolute atomic E-state index is 12.1. The van der Waals surface area contributed by atoms with Crippen molar-refractivity contribution in [2.45, 2.75) is 106 Å². The molecule has 13 heteroatoms. The van der Waals surface area contributed by atoms with E-state index in [0.29, 0.717) is 45.4 Å². The van der Waals surface area contributed by atoms with Gasteiger partial charge in [-0.3, -0.25) is 4.79 Å². The molecule has 1 heterocycles. The van der Waals surface area contributed by atoms with E-state index in [0.717, 1.165) is 65.8 Å². The van der Waals surface area contributed by atoms with Crippen LogP contribution < -0.4 is 4.90 Å². The number of methoxy groups -OCH3 is 2. The summed E-state index contributed by atoms with van der Waals surface area (Å²) in [5.74, 6) is -0.794. The molecule has 0 bridgehead atoms. The van der Waals surface area contributed by atoms with E-state index in [1.165, 1.54) is 29.8 Å². The second kappa shape index (κ2) is 19.5. The first-order valence-electron chi connectivity index (χ1n) is 19.1. The Kier molecular flexibility index (Phi) is 15.6. The number of aryl methyl sites for hydroxylation is 1. The molecule has 2 aliphatic rings. The molecular weight excluding hydrogens is 755 g/mol. The Morgan fingerprint density at radius 2 is 1.39 bits per heavy atom. The van der Waals surface area contributed by atoms with Crippen molar-refractivity contribution in [1.29, 1.82) is 0 Å². The van der Waals surface area contributed by atoms with E-state index in [2.05, 4.69) is 17.9 Å². The molecule has 2 aromatic carbocycles. The number of nitrogens with zero attached hydrogens (tertiary/aromatic N) is 1. The number of fused-ring (bicyclic) bond motifs is 2. The summed E-state index contributed by atoms with van der Waals surface area (Å²) in [5.41, 5.74) is 5.36. The van der Waals surface area contributed by atoms with Crippen LogP contribution in [0.2, 0.25) is 0 Å². The maximum Gasteiger partial charge on any atom is 0.303 e. The minimum atomic E-state index is -4.68. The van der Waals surface area contributed by atoms with E-state index in [1.807, 2.05) is 50.3 Å². The predicted octanol–water partition coefficient (Wildman–Crippen LogP) is 7.84. The highest BCUT2D eigenvalue weighted by Crippen LogP contribution is 2.50. The van der Waals surface area contributed by atoms with Gasteiger partial charge in [0.2, 0.25) is 0 Å². The van der Waals surface area contributed by atoms with E-state index in [9.17, 15) is 30.7 Å². The topological polar surface area (TPSA) is 173 Å². The first-order chi connectivity index (χ1) is 26.5. The summed E-state index contributed by atoms with van der Waals surface area (Å²) in [5, 5.41) is 9.03. The molecule has 0 fully saturated rings. The number of likely N-dealkylation sites (N-methyl/N-ethyl adjacent to an activating group) is 1. The molecule has 2 unspecified atom stereocenters. The second-order valence-electron chi connectivity index (χ2n) is 14.8. The lowest BCUT2D eigenvalue weighted by Crippen LogP contribution is -2.29. The molecule has 4 rings (SSSR count). The summed E-state index contributed by atoms with van der Waals surface area (Å²) < 4.78 is 83.2. The molecule has 0 spiro atoms. The van der Waals surface area contributed by atoms with Gasteiger partial charge in [-0.2, -0.15) is 0 Å². The third-order valence-electron chi connectivity index (χ3n) is 11.1. The van der Waals surface area contributed by atoms with Gasteiger partial charge in [0.1, 0.15) is 20.2 Å². The lowest BCUT2D eigenvalue weighted by Gasteiger charge is -2.34. The van der Waals surface area contributed by atoms with Crippen molar-refractivity contribution >= 4 is 31.9 Å². The average molecular weight is 810 g/mol. The van der Waals surface area contributed by atoms with Crippen molar-refractivity contribution in [1.82, 2.24) is 0 Å². The Morgan fingerprint density at radius 3 is 2.02 bits per heavy atom. The molecule has 2 atom stereocenters. The summed E-state index contributed by atoms with van der Waals surface area (Å²) in [7, 11) is -6.08. The van der Waals surface area contributed by atoms with E-state index in [4.69, 9.17) is 14.6 Å². The van der Waals surface area contributed by atoms with Crippen LogP contribution in [0.3, 0.4) is 0 Å². The smallest absolute Gasteiger partial charge is 0.303 e. The fourth-order valence-corrected chi connectivity index (χ4v) is 9.09. The zero-order valence-electron chi connectivity index (χ0n) is 33.1. The maximum atomic E-state index is 12.1. The predicted molar refractivity (Wildman–Crippen MR) is 216 cm³/mol. The number of ether oxygens (including phenoxy) is 2. The van der Waals surface area contributed by atoms with Crippen LogP contribution in [0.5, 0.6) is 0 Å². The Morgan fingerprint density at radius 1 is 0.804 bits per heavy atom. The number of carboxylic acid groups (broad SMARTS) is 1. The Labute approximate surface area is 333 Å². The molecule has 0 radical (unpaired) electrons. The lowest BCUT2D eigenvalue weighted by atomic mass is 9.71. The zero-order chi connectivity index (χ0) is 41.1. The molecule has 2 aromatic rings. The fourth-order valence-electron chi connectivity index (χ4n) is 8.09. The highest BCUT2D eigenvalue weighted by molar-refractivity contribution is 7.86. The molecular formula is C43H55NO10S2-2. The fraction of sp³-hybridized carbons (Fsp3) is 0.465. The van der Waals surface area contributed by atoms with Crippen molar-refractivity contribution in [2.24, 2.45) is 0 Å². The van der Waals surface area contributed by atoms with E-state index in [1.54, 1.807) is 26.4 Å². The van der Waals surface area contributed by atoms with Gasteiger partial charge in [-0.05, 0) is 117 Å². The highest BCUT2D eigenvalue weighted by atomic mass is 32.2. The number of carboxylic acids is 1. The van der Waals surface area contributed by atoms with Crippen molar-refractivity contribution < 1.29 is 45.3 Å². The molecule has 1 aliphatic carbocycles.